The third-order valence-electron chi connectivity index (χ3n) is 3.67. The number of nitrogens with zero attached hydrogens (tertiary/aromatic N) is 1. The lowest BCUT2D eigenvalue weighted by Crippen LogP contribution is -2.21. The van der Waals surface area contributed by atoms with Gasteiger partial charge in [-0.15, -0.1) is 0 Å². The molecular formula is C17H17NO2. The molecule has 1 aliphatic rings. The highest BCUT2D eigenvalue weighted by Gasteiger charge is 2.25. The number of benzene rings is 1. The van der Waals surface area contributed by atoms with Gasteiger partial charge in [0.25, 0.3) is 0 Å². The van der Waals surface area contributed by atoms with Crippen molar-refractivity contribution in [3.05, 3.63) is 60.1 Å². The van der Waals surface area contributed by atoms with Crippen molar-refractivity contribution < 1.29 is 9.21 Å². The van der Waals surface area contributed by atoms with Crippen LogP contribution in [-0.4, -0.2) is 11.5 Å². The van der Waals surface area contributed by atoms with E-state index in [1.165, 1.54) is 5.56 Å². The molecule has 0 radical (unpaired) electrons. The molecule has 102 valence electrons. The van der Waals surface area contributed by atoms with E-state index in [9.17, 15) is 4.79 Å². The van der Waals surface area contributed by atoms with Gasteiger partial charge >= 0.3 is 0 Å². The summed E-state index contributed by atoms with van der Waals surface area (Å²) in [7, 11) is 0. The van der Waals surface area contributed by atoms with E-state index >= 15 is 0 Å². The van der Waals surface area contributed by atoms with E-state index in [0.717, 1.165) is 17.9 Å². The first kappa shape index (κ1) is 12.9. The van der Waals surface area contributed by atoms with Gasteiger partial charge in [0.2, 0.25) is 0 Å². The number of rotatable bonds is 3. The van der Waals surface area contributed by atoms with E-state index in [4.69, 9.17) is 4.42 Å². The maximum absolute atomic E-state index is 11.9. The van der Waals surface area contributed by atoms with E-state index < -0.39 is 0 Å². The molecule has 1 saturated carbocycles. The van der Waals surface area contributed by atoms with Crippen LogP contribution in [0.2, 0.25) is 0 Å². The Hall–Kier alpha value is -2.16. The Balaban J connectivity index is 1.73. The van der Waals surface area contributed by atoms with Gasteiger partial charge in [-0.1, -0.05) is 30.3 Å². The van der Waals surface area contributed by atoms with Gasteiger partial charge in [0.05, 0.1) is 12.8 Å². The molecule has 2 aromatic rings. The number of hydrogen-bond acceptors (Lipinski definition) is 3. The van der Waals surface area contributed by atoms with Gasteiger partial charge in [0.15, 0.2) is 0 Å². The van der Waals surface area contributed by atoms with Gasteiger partial charge in [-0.25, -0.2) is 0 Å². The van der Waals surface area contributed by atoms with Crippen LogP contribution >= 0.6 is 0 Å². The zero-order chi connectivity index (χ0) is 13.8. The summed E-state index contributed by atoms with van der Waals surface area (Å²) in [4.78, 5) is 16.5. The average molecular weight is 267 g/mol. The molecule has 1 aliphatic carbocycles. The summed E-state index contributed by atoms with van der Waals surface area (Å²) in [5.41, 5.74) is 2.22. The lowest BCUT2D eigenvalue weighted by Gasteiger charge is -2.22. The van der Waals surface area contributed by atoms with Crippen LogP contribution in [0, 0.1) is 0 Å². The van der Waals surface area contributed by atoms with Crippen molar-refractivity contribution >= 4 is 11.5 Å². The Bertz CT molecular complexity index is 599. The van der Waals surface area contributed by atoms with Crippen molar-refractivity contribution in [1.82, 2.24) is 0 Å². The first-order valence-electron chi connectivity index (χ1n) is 6.92. The third-order valence-corrected chi connectivity index (χ3v) is 3.67. The second-order valence-electron chi connectivity index (χ2n) is 5.19. The number of Topliss-reactive ketones (excluding diaryl/α,β-unsaturated/α-hetero) is 1. The SMILES string of the molecule is O=C1CC(=NCc2ccco2)C[C@H](c2ccccc2)C1. The fourth-order valence-corrected chi connectivity index (χ4v) is 2.68. The van der Waals surface area contributed by atoms with Gasteiger partial charge in [0.1, 0.15) is 11.5 Å². The average Bonchev–Trinajstić information content (AvgIpc) is 2.99. The van der Waals surface area contributed by atoms with Crippen LogP contribution in [0.1, 0.15) is 36.5 Å². The number of ketones is 1. The minimum atomic E-state index is 0.271. The fourth-order valence-electron chi connectivity index (χ4n) is 2.68. The topological polar surface area (TPSA) is 42.6 Å². The summed E-state index contributed by atoms with van der Waals surface area (Å²) >= 11 is 0. The zero-order valence-corrected chi connectivity index (χ0v) is 11.3. The molecule has 1 atom stereocenters. The molecular weight excluding hydrogens is 250 g/mol. The van der Waals surface area contributed by atoms with Gasteiger partial charge in [-0.2, -0.15) is 0 Å². The lowest BCUT2D eigenvalue weighted by molar-refractivity contribution is -0.118. The maximum Gasteiger partial charge on any atom is 0.139 e. The maximum atomic E-state index is 11.9. The van der Waals surface area contributed by atoms with Crippen molar-refractivity contribution in [3.8, 4) is 0 Å². The minimum Gasteiger partial charge on any atom is -0.467 e. The van der Waals surface area contributed by atoms with Crippen LogP contribution in [0.3, 0.4) is 0 Å². The standard InChI is InChI=1S/C17H17NO2/c19-16-10-14(13-5-2-1-3-6-13)9-15(11-16)18-12-17-7-4-8-20-17/h1-8,14H,9-12H2/t14-/m0/s1. The quantitative estimate of drug-likeness (QED) is 0.849. The number of aliphatic imine (C=N–C) groups is 1. The van der Waals surface area contributed by atoms with Crippen molar-refractivity contribution in [2.45, 2.75) is 31.7 Å². The lowest BCUT2D eigenvalue weighted by atomic mass is 9.82. The molecule has 0 amide bonds. The Kier molecular flexibility index (Phi) is 3.77. The molecule has 0 unspecified atom stereocenters. The van der Waals surface area contributed by atoms with E-state index in [2.05, 4.69) is 17.1 Å². The summed E-state index contributed by atoms with van der Waals surface area (Å²) in [5, 5.41) is 0. The monoisotopic (exact) mass is 267 g/mol. The number of furan rings is 1. The second-order valence-corrected chi connectivity index (χ2v) is 5.19. The molecule has 0 bridgehead atoms. The summed E-state index contributed by atoms with van der Waals surface area (Å²) in [5.74, 6) is 1.39. The molecule has 3 nitrogen and oxygen atoms in total. The minimum absolute atomic E-state index is 0.271. The van der Waals surface area contributed by atoms with E-state index in [-0.39, 0.29) is 11.7 Å². The van der Waals surface area contributed by atoms with Crippen LogP contribution in [0.25, 0.3) is 0 Å². The Morgan fingerprint density at radius 3 is 2.70 bits per heavy atom. The van der Waals surface area contributed by atoms with Crippen LogP contribution in [0.5, 0.6) is 0 Å². The van der Waals surface area contributed by atoms with Gasteiger partial charge < -0.3 is 4.42 Å². The molecule has 0 aliphatic heterocycles. The Morgan fingerprint density at radius 2 is 1.95 bits per heavy atom. The normalized spacial score (nSPS) is 21.3. The molecule has 1 aromatic carbocycles. The highest BCUT2D eigenvalue weighted by Crippen LogP contribution is 2.29. The predicted octanol–water partition coefficient (Wildman–Crippen LogP) is 3.76. The number of carbonyl (C=O) groups is 1. The van der Waals surface area contributed by atoms with Crippen LogP contribution in [0.4, 0.5) is 0 Å². The fraction of sp³-hybridized carbons (Fsp3) is 0.294. The molecule has 1 heterocycles. The van der Waals surface area contributed by atoms with Gasteiger partial charge in [-0.05, 0) is 30.0 Å². The van der Waals surface area contributed by atoms with E-state index in [1.54, 1.807) is 6.26 Å². The highest BCUT2D eigenvalue weighted by atomic mass is 16.3. The van der Waals surface area contributed by atoms with E-state index in [1.807, 2.05) is 30.3 Å². The predicted molar refractivity (Wildman–Crippen MR) is 77.9 cm³/mol. The molecule has 0 N–H and O–H groups in total. The van der Waals surface area contributed by atoms with E-state index in [0.29, 0.717) is 19.4 Å². The van der Waals surface area contributed by atoms with Crippen LogP contribution in [-0.2, 0) is 11.3 Å². The molecule has 1 aromatic heterocycles. The summed E-state index contributed by atoms with van der Waals surface area (Å²) in [6, 6.07) is 14.0. The zero-order valence-electron chi connectivity index (χ0n) is 11.3. The van der Waals surface area contributed by atoms with Crippen molar-refractivity contribution in [2.75, 3.05) is 0 Å². The largest absolute Gasteiger partial charge is 0.467 e. The van der Waals surface area contributed by atoms with Crippen molar-refractivity contribution in [3.63, 3.8) is 0 Å². The van der Waals surface area contributed by atoms with Crippen molar-refractivity contribution in [2.24, 2.45) is 4.99 Å². The van der Waals surface area contributed by atoms with Gasteiger partial charge in [0, 0.05) is 18.6 Å². The summed E-state index contributed by atoms with van der Waals surface area (Å²) < 4.78 is 5.27. The van der Waals surface area contributed by atoms with Gasteiger partial charge in [-0.3, -0.25) is 9.79 Å². The highest BCUT2D eigenvalue weighted by molar-refractivity contribution is 6.04. The number of carbonyl (C=O) groups excluding carboxylic acids is 1. The van der Waals surface area contributed by atoms with Crippen LogP contribution in [0.15, 0.2) is 58.1 Å². The molecule has 0 spiro atoms. The molecule has 3 heteroatoms. The molecule has 3 rings (SSSR count). The smallest absolute Gasteiger partial charge is 0.139 e. The molecule has 1 fully saturated rings. The van der Waals surface area contributed by atoms with Crippen LogP contribution < -0.4 is 0 Å². The summed E-state index contributed by atoms with van der Waals surface area (Å²) in [6.45, 7) is 0.525. The summed E-state index contributed by atoms with van der Waals surface area (Å²) in [6.07, 6.45) is 3.64. The Morgan fingerprint density at radius 1 is 1.10 bits per heavy atom. The molecule has 20 heavy (non-hydrogen) atoms. The first-order valence-corrected chi connectivity index (χ1v) is 6.92. The first-order chi connectivity index (χ1) is 9.81. The second kappa shape index (κ2) is 5.87. The number of hydrogen-bond donors (Lipinski definition) is 0. The third kappa shape index (κ3) is 3.05. The van der Waals surface area contributed by atoms with Crippen molar-refractivity contribution in [1.29, 1.82) is 0 Å². The molecule has 0 saturated heterocycles. The Labute approximate surface area is 118 Å².